The monoisotopic (exact) mass is 1240 g/mol. The molecule has 12 rings (SSSR count). The first-order valence-electron chi connectivity index (χ1n) is 27.1. The van der Waals surface area contributed by atoms with Gasteiger partial charge in [-0.25, -0.2) is 54.4 Å². The smallest absolute Gasteiger partial charge is 0.382 e. The van der Waals surface area contributed by atoms with Crippen LogP contribution in [0.25, 0.3) is 44.7 Å². The molecule has 14 atom stereocenters. The predicted molar refractivity (Wildman–Crippen MR) is 309 cm³/mol. The van der Waals surface area contributed by atoms with E-state index < -0.39 is 26.9 Å². The number of hydrogen-bond acceptors (Lipinski definition) is 28. The Morgan fingerprint density at radius 3 is 1.21 bits per heavy atom. The number of imidazole rings is 4. The first-order chi connectivity index (χ1) is 40.8. The zero-order valence-electron chi connectivity index (χ0n) is 47.7. The van der Waals surface area contributed by atoms with Crippen LogP contribution in [0.4, 0.5) is 23.4 Å². The second-order valence-electron chi connectivity index (χ2n) is 19.8. The zero-order chi connectivity index (χ0) is 60.9. The van der Waals surface area contributed by atoms with E-state index in [0.717, 1.165) is 26.4 Å². The van der Waals surface area contributed by atoms with Gasteiger partial charge < -0.3 is 70.2 Å². The van der Waals surface area contributed by atoms with Crippen molar-refractivity contribution in [2.45, 2.75) is 153 Å². The third kappa shape index (κ3) is 13.7. The average Bonchev–Trinajstić information content (AvgIpc) is 3.01. The third-order valence-electron chi connectivity index (χ3n) is 14.8. The first-order valence-corrected chi connectivity index (χ1v) is 31.2. The molecule has 462 valence electrons. The topological polar surface area (TPSA) is 448 Å². The minimum atomic E-state index is -4.08. The lowest BCUT2D eigenvalue weighted by Crippen LogP contribution is -2.22. The number of rotatable bonds is 16. The highest BCUT2D eigenvalue weighted by Gasteiger charge is 2.43. The van der Waals surface area contributed by atoms with Crippen molar-refractivity contribution in [3.8, 4) is 0 Å². The van der Waals surface area contributed by atoms with Crippen molar-refractivity contribution in [2.24, 2.45) is 0 Å². The van der Waals surface area contributed by atoms with Crippen molar-refractivity contribution in [1.82, 2.24) is 78.1 Å². The third-order valence-corrected chi connectivity index (χ3v) is 17.5. The zero-order valence-corrected chi connectivity index (χ0v) is 50.3. The number of H-pyrrole nitrogens is 1. The van der Waals surface area contributed by atoms with Crippen LogP contribution < -0.4 is 28.5 Å². The van der Waals surface area contributed by atoms with Crippen LogP contribution in [0, 0.1) is 0 Å². The summed E-state index contributed by atoms with van der Waals surface area (Å²) in [6, 6.07) is 0. The van der Waals surface area contributed by atoms with Gasteiger partial charge in [-0.15, -0.1) is 0 Å². The summed E-state index contributed by atoms with van der Waals surface area (Å²) in [7, 11) is 1.76. The molecule has 0 aliphatic carbocycles. The molecule has 4 fully saturated rings. The van der Waals surface area contributed by atoms with Gasteiger partial charge in [0.2, 0.25) is 5.95 Å². The number of ether oxygens (including phenoxy) is 6. The number of hydrogen-bond donors (Lipinski definition) is 7. The van der Waals surface area contributed by atoms with Gasteiger partial charge in [0.1, 0.15) is 60.4 Å². The minimum Gasteiger partial charge on any atom is -0.382 e. The van der Waals surface area contributed by atoms with Crippen LogP contribution >= 0.6 is 14.5 Å². The van der Waals surface area contributed by atoms with Gasteiger partial charge in [-0.2, -0.15) is 4.98 Å². The Bertz CT molecular complexity index is 3570. The first kappa shape index (κ1) is 63.1. The predicted octanol–water partition coefficient (Wildman–Crippen LogP) is 4.13. The van der Waals surface area contributed by atoms with E-state index in [1.165, 1.54) is 26.1 Å². The molecule has 4 aliphatic heterocycles. The maximum absolute atomic E-state index is 11.8. The highest BCUT2D eigenvalue weighted by Crippen LogP contribution is 2.50. The van der Waals surface area contributed by atoms with E-state index in [1.54, 1.807) is 53.2 Å². The van der Waals surface area contributed by atoms with Crippen molar-refractivity contribution in [1.29, 1.82) is 0 Å². The van der Waals surface area contributed by atoms with Gasteiger partial charge in [-0.3, -0.25) is 37.1 Å². The summed E-state index contributed by atoms with van der Waals surface area (Å²) in [5.41, 5.74) is 26.7. The maximum Gasteiger partial charge on any atom is 0.472 e. The molecule has 37 heteroatoms. The number of aromatic amines is 1. The van der Waals surface area contributed by atoms with Crippen LogP contribution in [0.1, 0.15) is 104 Å². The van der Waals surface area contributed by atoms with Gasteiger partial charge in [-0.05, 0) is 37.5 Å². The second kappa shape index (κ2) is 27.1. The molecule has 0 radical (unpaired) electrons. The number of phosphoric acid groups is 1. The number of nitrogens with two attached hydrogens (primary N) is 4. The number of anilines is 4. The number of fused-ring (bicyclic) bond motifs is 4. The van der Waals surface area contributed by atoms with Crippen molar-refractivity contribution in [2.75, 3.05) is 51.4 Å². The van der Waals surface area contributed by atoms with Crippen LogP contribution in [0.3, 0.4) is 0 Å². The number of nitrogen functional groups attached to an aromatic ring is 4. The highest BCUT2D eigenvalue weighted by atomic mass is 32.5. The van der Waals surface area contributed by atoms with Crippen LogP contribution in [0.2, 0.25) is 0 Å². The lowest BCUT2D eigenvalue weighted by Gasteiger charge is -2.21. The lowest BCUT2D eigenvalue weighted by molar-refractivity contribution is -0.0274. The van der Waals surface area contributed by atoms with Gasteiger partial charge in [-0.1, -0.05) is 27.7 Å². The molecule has 0 amide bonds. The number of aromatic nitrogens is 16. The molecule has 8 aromatic heterocycles. The van der Waals surface area contributed by atoms with Gasteiger partial charge in [0, 0.05) is 54.1 Å². The summed E-state index contributed by atoms with van der Waals surface area (Å²) < 4.78 is 73.6. The van der Waals surface area contributed by atoms with Crippen LogP contribution in [0.15, 0.2) is 49.1 Å². The summed E-state index contributed by atoms with van der Waals surface area (Å²) in [5.74, 6) is 1.05. The molecular formula is C48H70N20O14P2S. The largest absolute Gasteiger partial charge is 0.472 e. The fourth-order valence-corrected chi connectivity index (χ4v) is 12.1. The summed E-state index contributed by atoms with van der Waals surface area (Å²) in [6.07, 6.45) is 13.7. The summed E-state index contributed by atoms with van der Waals surface area (Å²) in [5, 5.41) is 0. The van der Waals surface area contributed by atoms with Crippen LogP contribution in [0.5, 0.6) is 0 Å². The summed E-state index contributed by atoms with van der Waals surface area (Å²) >= 11 is 4.93. The molecule has 4 aliphatic rings. The molecule has 12 heterocycles. The van der Waals surface area contributed by atoms with Crippen molar-refractivity contribution in [3.63, 3.8) is 0 Å². The van der Waals surface area contributed by atoms with E-state index in [1.807, 2.05) is 25.3 Å². The summed E-state index contributed by atoms with van der Waals surface area (Å²) in [6.45, 7) is 4.77. The maximum atomic E-state index is 11.8. The molecule has 0 bridgehead atoms. The Kier molecular flexibility index (Phi) is 20.1. The number of nitrogens with zero attached hydrogens (tertiary/aromatic N) is 15. The fourth-order valence-electron chi connectivity index (χ4n) is 10.5. The Morgan fingerprint density at radius 1 is 0.529 bits per heavy atom. The van der Waals surface area contributed by atoms with E-state index in [-0.39, 0.29) is 84.3 Å². The molecule has 85 heavy (non-hydrogen) atoms. The van der Waals surface area contributed by atoms with Crippen LogP contribution in [-0.2, 0) is 62.9 Å². The minimum absolute atomic E-state index is 0.0294. The number of methoxy groups -OCH3 is 2. The van der Waals surface area contributed by atoms with E-state index in [4.69, 9.17) is 76.7 Å². The SMILES string of the molecule is CC[C@H]1O[C@@H](n2cnc3c(=O)[nH]c(N)nc32)C[C@H]1OC.CC[C@H]1O[C@@H](n2cnc3c(N)ncnc32)C[C@H]1OC.CC[C@H]1O[C@@H](n2cnc3c(N)ncnc32)C[C@H]1OP(=O)(O)OC.CC[C@H]1O[C@@H](n2cnc3c(N)ncnc32)C[C@H]1OP(O)(=S)OC. The Morgan fingerprint density at radius 2 is 0.871 bits per heavy atom. The summed E-state index contributed by atoms with van der Waals surface area (Å²) in [4.78, 5) is 78.9. The van der Waals surface area contributed by atoms with Crippen molar-refractivity contribution in [3.05, 3.63) is 54.6 Å². The Labute approximate surface area is 490 Å². The lowest BCUT2D eigenvalue weighted by atomic mass is 10.1. The van der Waals surface area contributed by atoms with E-state index in [2.05, 4.69) is 71.3 Å². The molecule has 4 saturated heterocycles. The molecule has 0 aromatic carbocycles. The normalized spacial score (nSPS) is 27.1. The number of nitrogens with one attached hydrogen (secondary N) is 1. The van der Waals surface area contributed by atoms with Gasteiger partial charge >= 0.3 is 14.5 Å². The van der Waals surface area contributed by atoms with Crippen LogP contribution in [-0.4, -0.2) is 165 Å². The number of phosphoric ester groups is 1. The fraction of sp³-hybridized carbons (Fsp3) is 0.583. The second-order valence-corrected chi connectivity index (χ2v) is 24.2. The van der Waals surface area contributed by atoms with E-state index in [0.29, 0.717) is 82.9 Å². The average molecular weight is 1250 g/mol. The van der Waals surface area contributed by atoms with E-state index in [9.17, 15) is 19.1 Å². The molecule has 11 N–H and O–H groups in total. The quantitative estimate of drug-likeness (QED) is 0.0669. The van der Waals surface area contributed by atoms with Gasteiger partial charge in [0.15, 0.2) is 45.6 Å². The van der Waals surface area contributed by atoms with Gasteiger partial charge in [0.05, 0.1) is 74.1 Å². The highest BCUT2D eigenvalue weighted by molar-refractivity contribution is 8.07. The van der Waals surface area contributed by atoms with Crippen molar-refractivity contribution >= 4 is 94.4 Å². The molecule has 34 nitrogen and oxygen atoms in total. The molecule has 0 spiro atoms. The molecule has 2 unspecified atom stereocenters. The molecular weight excluding hydrogens is 1170 g/mol. The van der Waals surface area contributed by atoms with E-state index >= 15 is 0 Å². The molecule has 0 saturated carbocycles. The van der Waals surface area contributed by atoms with Gasteiger partial charge in [0.25, 0.3) is 5.56 Å². The van der Waals surface area contributed by atoms with Crippen molar-refractivity contribution < 1.29 is 60.9 Å². The Hall–Kier alpha value is -6.40. The molecule has 8 aromatic rings. The Balaban J connectivity index is 0.000000136. The standard InChI is InChI=1S/C12H18N5O5P.C12H18N5O4PS.C12H17N5O3.C12H17N5O2/c1-3-7-8(22-23(18,19)20-2)4-9(21-7)17-6-16-10-11(13)14-5-15-12(10)17;1-3-7-8(21-22(18,23)19-2)4-9(20-7)17-6-16-10-11(13)14-5-15-12(10)17;1-3-6-7(19-2)4-8(20-6)17-5-14-9-10(17)15-12(13)16-11(9)18;1-3-7-8(18-2)4-9(19-7)17-6-16-10-11(13)14-5-15-12(10)17/h5-9H,3-4H2,1-2H3,(H,18,19)(H2,13,14,15);5-9H,3-4H2,1-2H3,(H,18,23)(H2,13,14,15);5-8H,3-4H2,1-2H3,(H3,13,15,16,18);5-9H,3-4H2,1-2H3,(H2,13,14,15)/t7-,8-,9-;7-,8-,9-,22?;6-,7-,8-;7-,8-,9-/m1111/s1.